The highest BCUT2D eigenvalue weighted by atomic mass is 35.5. The number of aryl methyl sites for hydroxylation is 1. The number of anilines is 1. The first-order valence-corrected chi connectivity index (χ1v) is 8.86. The molecule has 1 aromatic heterocycles. The molecule has 0 saturated carbocycles. The van der Waals surface area contributed by atoms with Crippen LogP contribution in [0, 0.1) is 5.41 Å². The Morgan fingerprint density at radius 1 is 1.33 bits per heavy atom. The molecule has 0 radical (unpaired) electrons. The van der Waals surface area contributed by atoms with Crippen molar-refractivity contribution in [3.05, 3.63) is 46.4 Å². The molecule has 1 aromatic carbocycles. The monoisotopic (exact) mass is 392 g/mol. The third-order valence-electron chi connectivity index (χ3n) is 4.87. The second-order valence-electron chi connectivity index (χ2n) is 6.57. The summed E-state index contributed by atoms with van der Waals surface area (Å²) in [6, 6.07) is 8.78. The van der Waals surface area contributed by atoms with Crippen molar-refractivity contribution in [3.63, 3.8) is 0 Å². The van der Waals surface area contributed by atoms with Gasteiger partial charge in [-0.05, 0) is 31.4 Å². The first-order valence-electron chi connectivity index (χ1n) is 8.86. The number of nitrogens with two attached hydrogens (primary N) is 1. The average molecular weight is 393 g/mol. The van der Waals surface area contributed by atoms with Gasteiger partial charge in [-0.1, -0.05) is 19.1 Å². The minimum Gasteiger partial charge on any atom is -0.381 e. The Hall–Kier alpha value is -2.22. The highest BCUT2D eigenvalue weighted by molar-refractivity contribution is 5.96. The molecule has 0 unspecified atom stereocenters. The molecule has 0 spiro atoms. The van der Waals surface area contributed by atoms with Crippen LogP contribution in [0.4, 0.5) is 5.69 Å². The van der Waals surface area contributed by atoms with Gasteiger partial charge in [0.25, 0.3) is 5.56 Å². The predicted octanol–water partition coefficient (Wildman–Crippen LogP) is 2.12. The smallest absolute Gasteiger partial charge is 0.251 e. The van der Waals surface area contributed by atoms with Crippen LogP contribution in [-0.4, -0.2) is 35.6 Å². The van der Waals surface area contributed by atoms with Gasteiger partial charge in [-0.15, -0.1) is 12.4 Å². The normalized spacial score (nSPS) is 15.6. The lowest BCUT2D eigenvalue weighted by Crippen LogP contribution is -2.46. The van der Waals surface area contributed by atoms with E-state index in [-0.39, 0.29) is 30.4 Å². The molecular weight excluding hydrogens is 368 g/mol. The lowest BCUT2D eigenvalue weighted by Gasteiger charge is -2.34. The van der Waals surface area contributed by atoms with Gasteiger partial charge in [-0.3, -0.25) is 9.59 Å². The molecule has 2 aromatic rings. The van der Waals surface area contributed by atoms with Crippen molar-refractivity contribution < 1.29 is 9.53 Å². The molecule has 7 nitrogen and oxygen atoms in total. The van der Waals surface area contributed by atoms with E-state index in [1.807, 2.05) is 25.1 Å². The molecule has 3 rings (SSSR count). The highest BCUT2D eigenvalue weighted by Crippen LogP contribution is 2.31. The summed E-state index contributed by atoms with van der Waals surface area (Å²) < 4.78 is 5.36. The predicted molar refractivity (Wildman–Crippen MR) is 107 cm³/mol. The Morgan fingerprint density at radius 3 is 2.74 bits per heavy atom. The van der Waals surface area contributed by atoms with Crippen molar-refractivity contribution >= 4 is 24.0 Å². The molecule has 8 heteroatoms. The summed E-state index contributed by atoms with van der Waals surface area (Å²) >= 11 is 0. The molecular formula is C19H25ClN4O3. The van der Waals surface area contributed by atoms with Gasteiger partial charge < -0.3 is 20.8 Å². The van der Waals surface area contributed by atoms with Crippen LogP contribution in [-0.2, 0) is 16.0 Å². The van der Waals surface area contributed by atoms with Crippen molar-refractivity contribution in [3.8, 4) is 11.4 Å². The van der Waals surface area contributed by atoms with E-state index in [1.165, 1.54) is 6.07 Å². The van der Waals surface area contributed by atoms with Crippen molar-refractivity contribution in [2.75, 3.05) is 25.1 Å². The number of benzene rings is 1. The molecule has 1 aliphatic heterocycles. The first-order chi connectivity index (χ1) is 12.6. The summed E-state index contributed by atoms with van der Waals surface area (Å²) in [6.45, 7) is 3.32. The van der Waals surface area contributed by atoms with E-state index in [0.717, 1.165) is 11.3 Å². The van der Waals surface area contributed by atoms with Gasteiger partial charge in [-0.25, -0.2) is 4.98 Å². The zero-order chi connectivity index (χ0) is 18.6. The Kier molecular flexibility index (Phi) is 7.12. The number of carbonyl (C=O) groups is 1. The quantitative estimate of drug-likeness (QED) is 0.721. The van der Waals surface area contributed by atoms with Gasteiger partial charge in [0, 0.05) is 42.8 Å². The molecule has 0 bridgehead atoms. The highest BCUT2D eigenvalue weighted by Gasteiger charge is 2.38. The maximum atomic E-state index is 12.8. The van der Waals surface area contributed by atoms with Crippen LogP contribution in [0.2, 0.25) is 0 Å². The van der Waals surface area contributed by atoms with Gasteiger partial charge in [0.15, 0.2) is 0 Å². The number of H-pyrrole nitrogens is 1. The van der Waals surface area contributed by atoms with E-state index in [4.69, 9.17) is 10.5 Å². The molecule has 1 fully saturated rings. The molecule has 4 N–H and O–H groups in total. The van der Waals surface area contributed by atoms with Crippen LogP contribution in [0.1, 0.15) is 25.5 Å². The summed E-state index contributed by atoms with van der Waals surface area (Å²) in [6.07, 6.45) is 1.90. The van der Waals surface area contributed by atoms with Crippen molar-refractivity contribution in [1.82, 2.24) is 9.97 Å². The third-order valence-corrected chi connectivity index (χ3v) is 4.87. The van der Waals surface area contributed by atoms with E-state index in [2.05, 4.69) is 15.3 Å². The number of nitrogens with one attached hydrogen (secondary N) is 2. The number of nitrogens with zero attached hydrogens (tertiary/aromatic N) is 1. The summed E-state index contributed by atoms with van der Waals surface area (Å²) in [7, 11) is 0. The maximum Gasteiger partial charge on any atom is 0.251 e. The topological polar surface area (TPSA) is 110 Å². The lowest BCUT2D eigenvalue weighted by atomic mass is 9.79. The fourth-order valence-corrected chi connectivity index (χ4v) is 3.12. The van der Waals surface area contributed by atoms with Crippen LogP contribution in [0.15, 0.2) is 35.1 Å². The Balaban J connectivity index is 0.00000261. The van der Waals surface area contributed by atoms with Crippen molar-refractivity contribution in [2.45, 2.75) is 26.2 Å². The van der Waals surface area contributed by atoms with Crippen LogP contribution in [0.3, 0.4) is 0 Å². The SMILES string of the molecule is CCc1cc(=O)[nH]c(-c2cccc(NC(=O)C3(CN)CCOCC3)c2)n1.Cl. The molecule has 1 aliphatic rings. The van der Waals surface area contributed by atoms with Crippen LogP contribution >= 0.6 is 12.4 Å². The van der Waals surface area contributed by atoms with E-state index in [9.17, 15) is 9.59 Å². The standard InChI is InChI=1S/C19H24N4O3.ClH/c1-2-14-11-16(24)23-17(21-14)13-4-3-5-15(10-13)22-18(25)19(12-20)6-8-26-9-7-19;/h3-5,10-11H,2,6-9,12,20H2,1H3,(H,22,25)(H,21,23,24);1H. The molecule has 2 heterocycles. The number of rotatable bonds is 5. The minimum absolute atomic E-state index is 0. The number of carbonyl (C=O) groups excluding carboxylic acids is 1. The Bertz CT molecular complexity index is 847. The fourth-order valence-electron chi connectivity index (χ4n) is 3.12. The Morgan fingerprint density at radius 2 is 2.07 bits per heavy atom. The summed E-state index contributed by atoms with van der Waals surface area (Å²) in [5.41, 5.74) is 7.23. The molecule has 146 valence electrons. The van der Waals surface area contributed by atoms with Crippen LogP contribution in [0.25, 0.3) is 11.4 Å². The number of aromatic amines is 1. The van der Waals surface area contributed by atoms with E-state index in [0.29, 0.717) is 44.0 Å². The largest absolute Gasteiger partial charge is 0.381 e. The molecule has 27 heavy (non-hydrogen) atoms. The summed E-state index contributed by atoms with van der Waals surface area (Å²) in [4.78, 5) is 31.8. The van der Waals surface area contributed by atoms with Gasteiger partial charge in [0.2, 0.25) is 5.91 Å². The number of ether oxygens (including phenoxy) is 1. The van der Waals surface area contributed by atoms with Gasteiger partial charge >= 0.3 is 0 Å². The maximum absolute atomic E-state index is 12.8. The number of aromatic nitrogens is 2. The third kappa shape index (κ3) is 4.74. The second kappa shape index (κ2) is 9.12. The number of hydrogen-bond donors (Lipinski definition) is 3. The second-order valence-corrected chi connectivity index (χ2v) is 6.57. The molecule has 0 atom stereocenters. The van der Waals surface area contributed by atoms with Crippen molar-refractivity contribution in [2.24, 2.45) is 11.1 Å². The first kappa shape index (κ1) is 21.1. The van der Waals surface area contributed by atoms with Gasteiger partial charge in [-0.2, -0.15) is 0 Å². The molecule has 1 saturated heterocycles. The zero-order valence-corrected chi connectivity index (χ0v) is 16.1. The lowest BCUT2D eigenvalue weighted by molar-refractivity contribution is -0.130. The minimum atomic E-state index is -0.594. The number of halogens is 1. The van der Waals surface area contributed by atoms with Gasteiger partial charge in [0.05, 0.1) is 5.41 Å². The zero-order valence-electron chi connectivity index (χ0n) is 15.3. The van der Waals surface area contributed by atoms with Crippen molar-refractivity contribution in [1.29, 1.82) is 0 Å². The summed E-state index contributed by atoms with van der Waals surface area (Å²) in [5, 5.41) is 2.96. The van der Waals surface area contributed by atoms with Crippen LogP contribution < -0.4 is 16.6 Å². The molecule has 0 aliphatic carbocycles. The average Bonchev–Trinajstić information content (AvgIpc) is 2.68. The van der Waals surface area contributed by atoms with E-state index >= 15 is 0 Å². The summed E-state index contributed by atoms with van der Waals surface area (Å²) in [5.74, 6) is 0.397. The number of hydrogen-bond acceptors (Lipinski definition) is 5. The molecule has 1 amide bonds. The van der Waals surface area contributed by atoms with Crippen LogP contribution in [0.5, 0.6) is 0 Å². The van der Waals surface area contributed by atoms with Gasteiger partial charge in [0.1, 0.15) is 5.82 Å². The number of amides is 1. The van der Waals surface area contributed by atoms with E-state index < -0.39 is 5.41 Å². The Labute approximate surface area is 164 Å². The fraction of sp³-hybridized carbons (Fsp3) is 0.421. The van der Waals surface area contributed by atoms with E-state index in [1.54, 1.807) is 6.07 Å².